The van der Waals surface area contributed by atoms with Crippen LogP contribution in [-0.4, -0.2) is 0 Å². The molecule has 0 heterocycles. The molecule has 0 saturated carbocycles. The maximum absolute atomic E-state index is 2.18. The third-order valence-corrected chi connectivity index (χ3v) is 0.500. The molecule has 7 heavy (non-hydrogen) atoms. The predicted molar refractivity (Wildman–Crippen MR) is 33.4 cm³/mol. The normalized spacial score (nSPS) is 4.29. The molecule has 0 rings (SSSR count). The molecule has 0 bridgehead atoms. The zero-order valence-corrected chi connectivity index (χ0v) is 8.44. The molecule has 0 spiro atoms. The van der Waals surface area contributed by atoms with Gasteiger partial charge in [0.2, 0.25) is 0 Å². The molecule has 0 aliphatic heterocycles. The quantitative estimate of drug-likeness (QED) is 0.616. The van der Waals surface area contributed by atoms with Crippen LogP contribution in [0.2, 0.25) is 0 Å². The van der Waals surface area contributed by atoms with Gasteiger partial charge >= 0.3 is 0 Å². The summed E-state index contributed by atoms with van der Waals surface area (Å²) in [7, 11) is 0. The molecule has 0 saturated heterocycles. The van der Waals surface area contributed by atoms with Crippen LogP contribution >= 0.6 is 0 Å². The van der Waals surface area contributed by atoms with E-state index in [1.54, 1.807) is 0 Å². The molecular formula is C6H16Sm-2. The van der Waals surface area contributed by atoms with Gasteiger partial charge in [-0.25, -0.2) is 0 Å². The summed E-state index contributed by atoms with van der Waals surface area (Å²) >= 11 is 0. The Kier molecular flexibility index (Phi) is 90.2. The van der Waals surface area contributed by atoms with E-state index in [9.17, 15) is 0 Å². The minimum absolute atomic E-state index is 0. The van der Waals surface area contributed by atoms with Crippen molar-refractivity contribution in [2.45, 2.75) is 26.7 Å². The summed E-state index contributed by atoms with van der Waals surface area (Å²) in [5.74, 6) is 0. The first kappa shape index (κ1) is 23.9. The average Bonchev–Trinajstić information content (AvgIpc) is 1.37. The van der Waals surface area contributed by atoms with Crippen molar-refractivity contribution >= 4 is 0 Å². The summed E-state index contributed by atoms with van der Waals surface area (Å²) in [5, 5.41) is 0. The molecule has 0 aliphatic rings. The number of rotatable bonds is 1. The number of hydrogen-bond donors (Lipinski definition) is 0. The van der Waals surface area contributed by atoms with Crippen LogP contribution in [-0.2, 0) is 0 Å². The van der Waals surface area contributed by atoms with Crippen LogP contribution in [0.25, 0.3) is 0 Å². The number of unbranched alkanes of at least 4 members (excludes halogenated alkanes) is 1. The molecule has 0 unspecified atom stereocenters. The average molecular weight is 239 g/mol. The molecule has 0 nitrogen and oxygen atoms in total. The van der Waals surface area contributed by atoms with E-state index in [0.29, 0.717) is 0 Å². The topological polar surface area (TPSA) is 0 Å². The third-order valence-electron chi connectivity index (χ3n) is 0.500. The second kappa shape index (κ2) is 26.5. The van der Waals surface area contributed by atoms with E-state index >= 15 is 0 Å². The van der Waals surface area contributed by atoms with Crippen LogP contribution in [0.4, 0.5) is 0 Å². The Morgan fingerprint density at radius 2 is 1.00 bits per heavy atom. The van der Waals surface area contributed by atoms with Gasteiger partial charge in [0.05, 0.1) is 0 Å². The van der Waals surface area contributed by atoms with Gasteiger partial charge in [0, 0.05) is 40.4 Å². The van der Waals surface area contributed by atoms with E-state index < -0.39 is 0 Å². The van der Waals surface area contributed by atoms with Gasteiger partial charge in [-0.2, -0.15) is 0 Å². The van der Waals surface area contributed by atoms with Crippen LogP contribution in [0.3, 0.4) is 0 Å². The molecule has 0 aromatic heterocycles. The van der Waals surface area contributed by atoms with Crippen molar-refractivity contribution in [1.82, 2.24) is 0 Å². The van der Waals surface area contributed by atoms with Gasteiger partial charge in [0.25, 0.3) is 0 Å². The van der Waals surface area contributed by atoms with E-state index in [2.05, 4.69) is 13.8 Å². The molecule has 1 heteroatoms. The predicted octanol–water partition coefficient (Wildman–Crippen LogP) is 2.71. The van der Waals surface area contributed by atoms with Gasteiger partial charge in [0.15, 0.2) is 0 Å². The fraction of sp³-hybridized carbons (Fsp3) is 0.667. The van der Waals surface area contributed by atoms with Gasteiger partial charge in [0.1, 0.15) is 0 Å². The first-order chi connectivity index (χ1) is 1.91. The number of hydrogen-bond acceptors (Lipinski definition) is 0. The zero-order valence-electron chi connectivity index (χ0n) is 5.82. The van der Waals surface area contributed by atoms with Crippen LogP contribution in [0, 0.1) is 55.2 Å². The van der Waals surface area contributed by atoms with Crippen molar-refractivity contribution in [1.29, 1.82) is 0 Å². The SMILES string of the molecule is CCCC.[CH3-].[CH3-].[Sm]. The summed E-state index contributed by atoms with van der Waals surface area (Å²) in [6, 6.07) is 0. The third kappa shape index (κ3) is 38.3. The van der Waals surface area contributed by atoms with E-state index in [0.717, 1.165) is 0 Å². The van der Waals surface area contributed by atoms with Gasteiger partial charge in [-0.15, -0.1) is 0 Å². The maximum Gasteiger partial charge on any atom is 0 e. The Bertz CT molecular complexity index is 6.14. The van der Waals surface area contributed by atoms with Crippen LogP contribution in [0.1, 0.15) is 26.7 Å². The fourth-order valence-electron chi connectivity index (χ4n) is 0. The van der Waals surface area contributed by atoms with Crippen LogP contribution in [0.5, 0.6) is 0 Å². The van der Waals surface area contributed by atoms with Crippen molar-refractivity contribution in [3.63, 3.8) is 0 Å². The van der Waals surface area contributed by atoms with Gasteiger partial charge in [-0.1, -0.05) is 26.7 Å². The molecule has 48 valence electrons. The van der Waals surface area contributed by atoms with Crippen molar-refractivity contribution in [2.75, 3.05) is 0 Å². The Morgan fingerprint density at radius 3 is 1.00 bits per heavy atom. The Labute approximate surface area is 81.2 Å². The summed E-state index contributed by atoms with van der Waals surface area (Å²) in [6.07, 6.45) is 2.64. The van der Waals surface area contributed by atoms with Crippen molar-refractivity contribution in [3.05, 3.63) is 14.9 Å². The fourth-order valence-corrected chi connectivity index (χ4v) is 0. The minimum atomic E-state index is 0. The molecule has 0 aromatic rings. The first-order valence-corrected chi connectivity index (χ1v) is 1.91. The summed E-state index contributed by atoms with van der Waals surface area (Å²) < 4.78 is 0. The van der Waals surface area contributed by atoms with Crippen molar-refractivity contribution in [2.24, 2.45) is 0 Å². The first-order valence-electron chi connectivity index (χ1n) is 1.91. The molecule has 0 aliphatic carbocycles. The molecular weight excluding hydrogens is 222 g/mol. The van der Waals surface area contributed by atoms with Crippen molar-refractivity contribution in [3.8, 4) is 0 Å². The summed E-state index contributed by atoms with van der Waals surface area (Å²) in [6.45, 7) is 4.36. The standard InChI is InChI=1S/C4H10.2CH3.Sm/c1-3-4-2;;;/h3-4H2,1-2H3;2*1H3;/q;2*-1;. The largest absolute Gasteiger partial charge is 0.358 e. The van der Waals surface area contributed by atoms with Gasteiger partial charge in [-0.3, -0.25) is 0 Å². The molecule has 0 atom stereocenters. The Morgan fingerprint density at radius 1 is 0.857 bits per heavy atom. The van der Waals surface area contributed by atoms with E-state index in [1.165, 1.54) is 12.8 Å². The molecule has 0 amide bonds. The zero-order chi connectivity index (χ0) is 3.41. The Hall–Kier alpha value is 1.34. The molecule has 0 N–H and O–H groups in total. The summed E-state index contributed by atoms with van der Waals surface area (Å²) in [4.78, 5) is 0. The summed E-state index contributed by atoms with van der Waals surface area (Å²) in [5.41, 5.74) is 0. The monoisotopic (exact) mass is 240 g/mol. The van der Waals surface area contributed by atoms with Crippen LogP contribution < -0.4 is 0 Å². The van der Waals surface area contributed by atoms with E-state index in [1.807, 2.05) is 0 Å². The van der Waals surface area contributed by atoms with Gasteiger partial charge < -0.3 is 14.9 Å². The van der Waals surface area contributed by atoms with E-state index in [-0.39, 0.29) is 55.2 Å². The van der Waals surface area contributed by atoms with Crippen molar-refractivity contribution < 1.29 is 40.4 Å². The Balaban J connectivity index is -0.0000000150. The van der Waals surface area contributed by atoms with Crippen LogP contribution in [0.15, 0.2) is 0 Å². The smallest absolute Gasteiger partial charge is 0 e. The molecule has 0 fully saturated rings. The second-order valence-corrected chi connectivity index (χ2v) is 1.000. The minimum Gasteiger partial charge on any atom is -0.358 e. The second-order valence-electron chi connectivity index (χ2n) is 1.000. The molecule has 0 radical (unpaired) electrons. The van der Waals surface area contributed by atoms with E-state index in [4.69, 9.17) is 0 Å². The maximum atomic E-state index is 2.18. The van der Waals surface area contributed by atoms with Gasteiger partial charge in [-0.05, 0) is 0 Å². The molecule has 0 aromatic carbocycles.